The Morgan fingerprint density at radius 3 is 2.25 bits per heavy atom. The molecule has 4 N–H and O–H groups in total. The summed E-state index contributed by atoms with van der Waals surface area (Å²) in [6.07, 6.45) is 0.753. The molecule has 1 aliphatic heterocycles. The highest BCUT2D eigenvalue weighted by molar-refractivity contribution is 6.00. The van der Waals surface area contributed by atoms with Crippen molar-refractivity contribution in [2.45, 2.75) is 58.2 Å². The fraction of sp³-hybridized carbons (Fsp3) is 0.609. The molecule has 3 atom stereocenters. The van der Waals surface area contributed by atoms with Crippen molar-refractivity contribution in [2.75, 3.05) is 19.8 Å². The van der Waals surface area contributed by atoms with Crippen LogP contribution in [0.3, 0.4) is 0 Å². The second-order valence-corrected chi connectivity index (χ2v) is 9.11. The van der Waals surface area contributed by atoms with Gasteiger partial charge in [0, 0.05) is 5.56 Å². The van der Waals surface area contributed by atoms with E-state index in [2.05, 4.69) is 10.6 Å². The third kappa shape index (κ3) is 6.57. The molecule has 0 saturated carbocycles. The van der Waals surface area contributed by atoms with Crippen LogP contribution in [-0.4, -0.2) is 65.3 Å². The van der Waals surface area contributed by atoms with Gasteiger partial charge in [0.15, 0.2) is 11.4 Å². The Balaban J connectivity index is 2.10. The van der Waals surface area contributed by atoms with Crippen LogP contribution in [0.5, 0.6) is 0 Å². The van der Waals surface area contributed by atoms with Gasteiger partial charge in [-0.25, -0.2) is 4.39 Å². The summed E-state index contributed by atoms with van der Waals surface area (Å²) in [6.45, 7) is 6.51. The highest BCUT2D eigenvalue weighted by atomic mass is 19.1. The molecule has 0 radical (unpaired) electrons. The van der Waals surface area contributed by atoms with Crippen LogP contribution in [-0.2, 0) is 20.7 Å². The lowest BCUT2D eigenvalue weighted by Crippen LogP contribution is -2.55. The smallest absolute Gasteiger partial charge is 0.252 e. The first kappa shape index (κ1) is 25.9. The van der Waals surface area contributed by atoms with E-state index in [1.165, 1.54) is 18.2 Å². The largest absolute Gasteiger partial charge is 0.394 e. The number of epoxide rings is 1. The molecule has 9 heteroatoms. The Hall–Kier alpha value is -2.36. The first-order valence-electron chi connectivity index (χ1n) is 10.8. The molecule has 8 nitrogen and oxygen atoms in total. The highest BCUT2D eigenvalue weighted by Gasteiger charge is 2.54. The second-order valence-electron chi connectivity index (χ2n) is 9.11. The van der Waals surface area contributed by atoms with Crippen LogP contribution < -0.4 is 10.6 Å². The number of aliphatic hydroxyl groups excluding tert-OH is 2. The van der Waals surface area contributed by atoms with Crippen LogP contribution in [0.15, 0.2) is 18.2 Å². The third-order valence-electron chi connectivity index (χ3n) is 5.28. The first-order valence-corrected chi connectivity index (χ1v) is 10.8. The number of carbonyl (C=O) groups is 3. The van der Waals surface area contributed by atoms with Gasteiger partial charge in [-0.15, -0.1) is 0 Å². The van der Waals surface area contributed by atoms with E-state index >= 15 is 0 Å². The van der Waals surface area contributed by atoms with Crippen molar-refractivity contribution in [1.29, 1.82) is 0 Å². The SMILES string of the molecule is CC(C)Cc1cc(C(=O)N[C@@H](CO)C(=O)NC(CC(C)C)C(=O)C2(CO)CO2)ccc1F. The maximum absolute atomic E-state index is 14.0. The number of nitrogens with one attached hydrogen (secondary N) is 2. The maximum Gasteiger partial charge on any atom is 0.252 e. The number of ether oxygens (including phenoxy) is 1. The van der Waals surface area contributed by atoms with Crippen LogP contribution in [0.4, 0.5) is 4.39 Å². The van der Waals surface area contributed by atoms with Crippen LogP contribution >= 0.6 is 0 Å². The number of hydrogen-bond acceptors (Lipinski definition) is 6. The molecule has 1 saturated heterocycles. The lowest BCUT2D eigenvalue weighted by atomic mass is 9.92. The lowest BCUT2D eigenvalue weighted by Gasteiger charge is -2.24. The van der Waals surface area contributed by atoms with Gasteiger partial charge in [0.2, 0.25) is 5.91 Å². The van der Waals surface area contributed by atoms with Gasteiger partial charge in [-0.05, 0) is 48.4 Å². The molecule has 1 aromatic carbocycles. The fourth-order valence-electron chi connectivity index (χ4n) is 3.44. The number of aliphatic hydroxyl groups is 2. The van der Waals surface area contributed by atoms with Crippen molar-refractivity contribution < 1.29 is 33.7 Å². The van der Waals surface area contributed by atoms with E-state index in [0.717, 1.165) is 0 Å². The number of rotatable bonds is 12. The summed E-state index contributed by atoms with van der Waals surface area (Å²) in [5.41, 5.74) is -0.751. The van der Waals surface area contributed by atoms with E-state index in [0.29, 0.717) is 18.4 Å². The molecular formula is C23H33FN2O6. The highest BCUT2D eigenvalue weighted by Crippen LogP contribution is 2.30. The van der Waals surface area contributed by atoms with Gasteiger partial charge in [0.05, 0.1) is 25.9 Å². The van der Waals surface area contributed by atoms with Crippen molar-refractivity contribution >= 4 is 17.6 Å². The fourth-order valence-corrected chi connectivity index (χ4v) is 3.44. The van der Waals surface area contributed by atoms with Crippen LogP contribution in [0, 0.1) is 17.7 Å². The normalized spacial score (nSPS) is 19.5. The van der Waals surface area contributed by atoms with Gasteiger partial charge in [-0.2, -0.15) is 0 Å². The first-order chi connectivity index (χ1) is 15.0. The number of benzene rings is 1. The van der Waals surface area contributed by atoms with E-state index in [1.54, 1.807) is 0 Å². The van der Waals surface area contributed by atoms with Gasteiger partial charge in [-0.1, -0.05) is 27.7 Å². The number of halogens is 1. The van der Waals surface area contributed by atoms with Gasteiger partial charge in [0.1, 0.15) is 11.9 Å². The molecule has 0 aliphatic carbocycles. The average Bonchev–Trinajstić information content (AvgIpc) is 3.52. The van der Waals surface area contributed by atoms with E-state index < -0.39 is 54.3 Å². The molecule has 0 spiro atoms. The molecule has 2 amide bonds. The van der Waals surface area contributed by atoms with Crippen LogP contribution in [0.1, 0.15) is 50.0 Å². The third-order valence-corrected chi connectivity index (χ3v) is 5.28. The van der Waals surface area contributed by atoms with Gasteiger partial charge in [-0.3, -0.25) is 14.4 Å². The van der Waals surface area contributed by atoms with E-state index in [1.807, 2.05) is 27.7 Å². The molecule has 0 bridgehead atoms. The van der Waals surface area contributed by atoms with Crippen LogP contribution in [0.25, 0.3) is 0 Å². The molecule has 2 rings (SSSR count). The summed E-state index contributed by atoms with van der Waals surface area (Å²) in [5, 5.41) is 24.1. The zero-order valence-electron chi connectivity index (χ0n) is 19.0. The minimum atomic E-state index is -1.31. The number of hydrogen-bond donors (Lipinski definition) is 4. The van der Waals surface area contributed by atoms with Crippen molar-refractivity contribution in [3.8, 4) is 0 Å². The predicted molar refractivity (Wildman–Crippen MR) is 115 cm³/mol. The molecule has 32 heavy (non-hydrogen) atoms. The number of carbonyl (C=O) groups excluding carboxylic acids is 3. The summed E-state index contributed by atoms with van der Waals surface area (Å²) < 4.78 is 19.1. The number of Topliss-reactive ketones (excluding diaryl/α,β-unsaturated/α-hetero) is 1. The summed E-state index contributed by atoms with van der Waals surface area (Å²) in [5.74, 6) is -2.00. The second kappa shape index (κ2) is 11.0. The standard InChI is InChI=1S/C23H33FN2O6/c1-13(2)7-16-9-15(5-6-17(16)24)21(30)26-19(10-27)22(31)25-18(8-14(3)4)20(29)23(11-28)12-32-23/h5-6,9,13-14,18-19,27-28H,7-8,10-12H2,1-4H3,(H,25,31)(H,26,30)/t18?,19-,23?/m0/s1. The number of amides is 2. The predicted octanol–water partition coefficient (Wildman–Crippen LogP) is 0.976. The molecule has 1 fully saturated rings. The van der Waals surface area contributed by atoms with E-state index in [4.69, 9.17) is 4.74 Å². The van der Waals surface area contributed by atoms with Crippen molar-refractivity contribution in [3.63, 3.8) is 0 Å². The van der Waals surface area contributed by atoms with E-state index in [-0.39, 0.29) is 24.0 Å². The Bertz CT molecular complexity index is 838. The lowest BCUT2D eigenvalue weighted by molar-refractivity contribution is -0.133. The topological polar surface area (TPSA) is 128 Å². The van der Waals surface area contributed by atoms with E-state index in [9.17, 15) is 29.0 Å². The van der Waals surface area contributed by atoms with Gasteiger partial charge in [0.25, 0.3) is 5.91 Å². The molecule has 1 aliphatic rings. The average molecular weight is 453 g/mol. The molecule has 1 heterocycles. The molecule has 2 unspecified atom stereocenters. The summed E-state index contributed by atoms with van der Waals surface area (Å²) in [4.78, 5) is 38.1. The quantitative estimate of drug-likeness (QED) is 0.350. The summed E-state index contributed by atoms with van der Waals surface area (Å²) in [7, 11) is 0. The zero-order valence-corrected chi connectivity index (χ0v) is 19.0. The van der Waals surface area contributed by atoms with Crippen molar-refractivity contribution in [3.05, 3.63) is 35.1 Å². The molecular weight excluding hydrogens is 419 g/mol. The van der Waals surface area contributed by atoms with Gasteiger partial charge >= 0.3 is 0 Å². The van der Waals surface area contributed by atoms with Crippen molar-refractivity contribution in [2.24, 2.45) is 11.8 Å². The molecule has 0 aromatic heterocycles. The minimum Gasteiger partial charge on any atom is -0.394 e. The summed E-state index contributed by atoms with van der Waals surface area (Å²) >= 11 is 0. The summed E-state index contributed by atoms with van der Waals surface area (Å²) in [6, 6.07) is 1.68. The maximum atomic E-state index is 14.0. The Labute approximate surface area is 187 Å². The molecule has 1 aromatic rings. The Kier molecular flexibility index (Phi) is 8.89. The zero-order chi connectivity index (χ0) is 24.1. The monoisotopic (exact) mass is 452 g/mol. The Morgan fingerprint density at radius 2 is 1.75 bits per heavy atom. The van der Waals surface area contributed by atoms with Crippen LogP contribution in [0.2, 0.25) is 0 Å². The van der Waals surface area contributed by atoms with Gasteiger partial charge < -0.3 is 25.6 Å². The van der Waals surface area contributed by atoms with Crippen molar-refractivity contribution in [1.82, 2.24) is 10.6 Å². The molecule has 178 valence electrons. The Morgan fingerprint density at radius 1 is 1.09 bits per heavy atom. The minimum absolute atomic E-state index is 0.0551. The number of ketones is 1.